The second-order valence-corrected chi connectivity index (χ2v) is 4.86. The van der Waals surface area contributed by atoms with Crippen LogP contribution >= 0.6 is 0 Å². The molecular formula is C16H24N2O3. The van der Waals surface area contributed by atoms with Crippen LogP contribution < -0.4 is 5.32 Å². The molecule has 0 aliphatic rings. The first kappa shape index (κ1) is 17.2. The number of benzene rings is 1. The van der Waals surface area contributed by atoms with Crippen molar-refractivity contribution in [3.8, 4) is 0 Å². The van der Waals surface area contributed by atoms with Gasteiger partial charge in [-0.05, 0) is 12.0 Å². The number of carbonyl (C=O) groups excluding carboxylic acids is 2. The Hall–Kier alpha value is -1.88. The van der Waals surface area contributed by atoms with Crippen molar-refractivity contribution in [2.24, 2.45) is 0 Å². The molecule has 1 rings (SSSR count). The standard InChI is InChI=1S/C16H24N2O3/c1-14(19)18(10-6-12-21-2)11-9-17-16(20)13-15-7-4-3-5-8-15/h3-5,7-8H,6,9-13H2,1-2H3,(H,17,20). The van der Waals surface area contributed by atoms with Crippen LogP contribution in [-0.2, 0) is 20.7 Å². The molecule has 21 heavy (non-hydrogen) atoms. The summed E-state index contributed by atoms with van der Waals surface area (Å²) in [4.78, 5) is 25.0. The lowest BCUT2D eigenvalue weighted by Gasteiger charge is -2.21. The summed E-state index contributed by atoms with van der Waals surface area (Å²) >= 11 is 0. The zero-order valence-corrected chi connectivity index (χ0v) is 12.8. The van der Waals surface area contributed by atoms with Gasteiger partial charge in [-0.25, -0.2) is 0 Å². The molecule has 0 aliphatic heterocycles. The fraction of sp³-hybridized carbons (Fsp3) is 0.500. The molecule has 116 valence electrons. The Kier molecular flexibility index (Phi) is 8.12. The number of ether oxygens (including phenoxy) is 1. The Morgan fingerprint density at radius 1 is 1.19 bits per heavy atom. The van der Waals surface area contributed by atoms with E-state index < -0.39 is 0 Å². The topological polar surface area (TPSA) is 58.6 Å². The highest BCUT2D eigenvalue weighted by Gasteiger charge is 2.09. The number of amides is 2. The number of nitrogens with one attached hydrogen (secondary N) is 1. The Bertz CT molecular complexity index is 434. The van der Waals surface area contributed by atoms with E-state index in [4.69, 9.17) is 4.74 Å². The third kappa shape index (κ3) is 7.46. The van der Waals surface area contributed by atoms with E-state index in [1.54, 1.807) is 18.9 Å². The fourth-order valence-electron chi connectivity index (χ4n) is 2.00. The van der Waals surface area contributed by atoms with Gasteiger partial charge in [0.05, 0.1) is 6.42 Å². The molecule has 5 nitrogen and oxygen atoms in total. The van der Waals surface area contributed by atoms with E-state index in [1.807, 2.05) is 30.3 Å². The Balaban J connectivity index is 2.26. The fourth-order valence-corrected chi connectivity index (χ4v) is 2.00. The largest absolute Gasteiger partial charge is 0.385 e. The highest BCUT2D eigenvalue weighted by Crippen LogP contribution is 1.99. The van der Waals surface area contributed by atoms with Crippen LogP contribution in [0, 0.1) is 0 Å². The molecule has 0 bridgehead atoms. The third-order valence-corrected chi connectivity index (χ3v) is 3.13. The molecule has 0 aliphatic carbocycles. The molecule has 1 N–H and O–H groups in total. The first-order valence-corrected chi connectivity index (χ1v) is 7.18. The van der Waals surface area contributed by atoms with Gasteiger partial charge in [0.15, 0.2) is 0 Å². The predicted octanol–water partition coefficient (Wildman–Crippen LogP) is 1.23. The second kappa shape index (κ2) is 9.94. The Labute approximate surface area is 126 Å². The van der Waals surface area contributed by atoms with E-state index in [2.05, 4.69) is 5.32 Å². The quantitative estimate of drug-likeness (QED) is 0.696. The maximum Gasteiger partial charge on any atom is 0.224 e. The van der Waals surface area contributed by atoms with Crippen molar-refractivity contribution in [2.75, 3.05) is 33.4 Å². The van der Waals surface area contributed by atoms with Gasteiger partial charge in [-0.2, -0.15) is 0 Å². The summed E-state index contributed by atoms with van der Waals surface area (Å²) in [6.07, 6.45) is 1.17. The normalized spacial score (nSPS) is 10.2. The summed E-state index contributed by atoms with van der Waals surface area (Å²) in [5, 5.41) is 2.84. The highest BCUT2D eigenvalue weighted by atomic mass is 16.5. The Morgan fingerprint density at radius 2 is 1.90 bits per heavy atom. The molecule has 0 saturated carbocycles. The first-order valence-electron chi connectivity index (χ1n) is 7.18. The van der Waals surface area contributed by atoms with Gasteiger partial charge in [0, 0.05) is 40.3 Å². The van der Waals surface area contributed by atoms with Gasteiger partial charge in [-0.15, -0.1) is 0 Å². The van der Waals surface area contributed by atoms with E-state index >= 15 is 0 Å². The van der Waals surface area contributed by atoms with Gasteiger partial charge in [0.2, 0.25) is 11.8 Å². The van der Waals surface area contributed by atoms with Gasteiger partial charge in [0.1, 0.15) is 0 Å². The van der Waals surface area contributed by atoms with Crippen LogP contribution in [0.25, 0.3) is 0 Å². The second-order valence-electron chi connectivity index (χ2n) is 4.86. The van der Waals surface area contributed by atoms with Crippen molar-refractivity contribution in [1.29, 1.82) is 0 Å². The minimum absolute atomic E-state index is 0.0170. The molecular weight excluding hydrogens is 268 g/mol. The molecule has 0 fully saturated rings. The van der Waals surface area contributed by atoms with Crippen LogP contribution in [0.5, 0.6) is 0 Å². The SMILES string of the molecule is COCCCN(CCNC(=O)Cc1ccccc1)C(C)=O. The number of hydrogen-bond acceptors (Lipinski definition) is 3. The molecule has 1 aromatic rings. The lowest BCUT2D eigenvalue weighted by atomic mass is 10.1. The van der Waals surface area contributed by atoms with Crippen LogP contribution in [0.1, 0.15) is 18.9 Å². The molecule has 0 atom stereocenters. The summed E-state index contributed by atoms with van der Waals surface area (Å²) in [6.45, 7) is 3.82. The smallest absolute Gasteiger partial charge is 0.224 e. The van der Waals surface area contributed by atoms with E-state index in [-0.39, 0.29) is 11.8 Å². The molecule has 0 saturated heterocycles. The van der Waals surface area contributed by atoms with E-state index in [0.29, 0.717) is 32.7 Å². The van der Waals surface area contributed by atoms with E-state index in [1.165, 1.54) is 0 Å². The molecule has 0 radical (unpaired) electrons. The van der Waals surface area contributed by atoms with Crippen LogP contribution in [0.4, 0.5) is 0 Å². The van der Waals surface area contributed by atoms with Crippen LogP contribution in [-0.4, -0.2) is 50.1 Å². The molecule has 5 heteroatoms. The van der Waals surface area contributed by atoms with Crippen molar-refractivity contribution in [1.82, 2.24) is 10.2 Å². The summed E-state index contributed by atoms with van der Waals surface area (Å²) in [5.41, 5.74) is 0.985. The zero-order valence-electron chi connectivity index (χ0n) is 12.8. The lowest BCUT2D eigenvalue weighted by Crippen LogP contribution is -2.38. The number of methoxy groups -OCH3 is 1. The maximum absolute atomic E-state index is 11.8. The van der Waals surface area contributed by atoms with Crippen LogP contribution in [0.3, 0.4) is 0 Å². The number of rotatable bonds is 9. The average molecular weight is 292 g/mol. The van der Waals surface area contributed by atoms with Gasteiger partial charge in [-0.1, -0.05) is 30.3 Å². The minimum atomic E-state index is -0.0263. The van der Waals surface area contributed by atoms with E-state index in [9.17, 15) is 9.59 Å². The molecule has 0 spiro atoms. The van der Waals surface area contributed by atoms with Gasteiger partial charge < -0.3 is 15.0 Å². The maximum atomic E-state index is 11.8. The van der Waals surface area contributed by atoms with Crippen molar-refractivity contribution >= 4 is 11.8 Å². The Morgan fingerprint density at radius 3 is 2.52 bits per heavy atom. The molecule has 2 amide bonds. The number of nitrogens with zero attached hydrogens (tertiary/aromatic N) is 1. The number of carbonyl (C=O) groups is 2. The molecule has 0 unspecified atom stereocenters. The number of hydrogen-bond donors (Lipinski definition) is 1. The molecule has 0 aromatic heterocycles. The zero-order chi connectivity index (χ0) is 15.5. The lowest BCUT2D eigenvalue weighted by molar-refractivity contribution is -0.129. The monoisotopic (exact) mass is 292 g/mol. The molecule has 0 heterocycles. The summed E-state index contributed by atoms with van der Waals surface area (Å²) in [5.74, 6) is -0.00925. The molecule has 1 aromatic carbocycles. The van der Waals surface area contributed by atoms with Gasteiger partial charge >= 0.3 is 0 Å². The van der Waals surface area contributed by atoms with Crippen LogP contribution in [0.15, 0.2) is 30.3 Å². The third-order valence-electron chi connectivity index (χ3n) is 3.13. The summed E-state index contributed by atoms with van der Waals surface area (Å²) in [7, 11) is 1.64. The van der Waals surface area contributed by atoms with Crippen molar-refractivity contribution in [2.45, 2.75) is 19.8 Å². The minimum Gasteiger partial charge on any atom is -0.385 e. The van der Waals surface area contributed by atoms with Gasteiger partial charge in [-0.3, -0.25) is 9.59 Å². The van der Waals surface area contributed by atoms with Gasteiger partial charge in [0.25, 0.3) is 0 Å². The predicted molar refractivity (Wildman–Crippen MR) is 81.9 cm³/mol. The van der Waals surface area contributed by atoms with Crippen molar-refractivity contribution < 1.29 is 14.3 Å². The van der Waals surface area contributed by atoms with Crippen LogP contribution in [0.2, 0.25) is 0 Å². The summed E-state index contributed by atoms with van der Waals surface area (Å²) in [6, 6.07) is 9.59. The summed E-state index contributed by atoms with van der Waals surface area (Å²) < 4.78 is 4.97. The van der Waals surface area contributed by atoms with E-state index in [0.717, 1.165) is 12.0 Å². The first-order chi connectivity index (χ1) is 10.1. The van der Waals surface area contributed by atoms with Crippen molar-refractivity contribution in [3.05, 3.63) is 35.9 Å². The highest BCUT2D eigenvalue weighted by molar-refractivity contribution is 5.78. The van der Waals surface area contributed by atoms with Crippen molar-refractivity contribution in [3.63, 3.8) is 0 Å². The average Bonchev–Trinajstić information content (AvgIpc) is 2.46.